The average molecular weight is 302 g/mol. The molecule has 110 valence electrons. The molecule has 0 saturated heterocycles. The third kappa shape index (κ3) is 5.57. The Balaban J connectivity index is 2.45. The highest BCUT2D eigenvalue weighted by atomic mass is 35.5. The van der Waals surface area contributed by atoms with E-state index in [1.807, 2.05) is 0 Å². The van der Waals surface area contributed by atoms with Gasteiger partial charge in [0.2, 0.25) is 5.91 Å². The van der Waals surface area contributed by atoms with Gasteiger partial charge in [0.05, 0.1) is 0 Å². The van der Waals surface area contributed by atoms with E-state index in [1.54, 1.807) is 7.05 Å². The van der Waals surface area contributed by atoms with Gasteiger partial charge in [-0.05, 0) is 31.0 Å². The first-order chi connectivity index (χ1) is 9.40. The molecule has 0 saturated carbocycles. The zero-order valence-electron chi connectivity index (χ0n) is 11.2. The second-order valence-electron chi connectivity index (χ2n) is 4.59. The number of rotatable bonds is 7. The second-order valence-corrected chi connectivity index (χ2v) is 5.02. The van der Waals surface area contributed by atoms with Gasteiger partial charge in [-0.1, -0.05) is 11.6 Å². The first-order valence-electron chi connectivity index (χ1n) is 6.30. The smallest absolute Gasteiger partial charge is 0.303 e. The summed E-state index contributed by atoms with van der Waals surface area (Å²) in [6, 6.07) is 4.21. The molecule has 0 atom stereocenters. The number of nitrogens with zero attached hydrogens (tertiary/aromatic N) is 1. The monoisotopic (exact) mass is 301 g/mol. The Morgan fingerprint density at radius 2 is 1.95 bits per heavy atom. The van der Waals surface area contributed by atoms with Crippen LogP contribution in [0.2, 0.25) is 5.02 Å². The van der Waals surface area contributed by atoms with Crippen molar-refractivity contribution in [2.45, 2.75) is 32.2 Å². The van der Waals surface area contributed by atoms with Crippen molar-refractivity contribution in [2.75, 3.05) is 7.05 Å². The van der Waals surface area contributed by atoms with Crippen molar-refractivity contribution in [2.24, 2.45) is 0 Å². The van der Waals surface area contributed by atoms with Crippen LogP contribution in [-0.2, 0) is 16.1 Å². The lowest BCUT2D eigenvalue weighted by Gasteiger charge is -2.17. The van der Waals surface area contributed by atoms with Crippen molar-refractivity contribution in [3.8, 4) is 0 Å². The molecule has 0 aromatic heterocycles. The molecule has 1 aromatic rings. The maximum Gasteiger partial charge on any atom is 0.303 e. The summed E-state index contributed by atoms with van der Waals surface area (Å²) in [7, 11) is 1.58. The van der Waals surface area contributed by atoms with Gasteiger partial charge >= 0.3 is 5.97 Å². The van der Waals surface area contributed by atoms with Crippen LogP contribution in [0.3, 0.4) is 0 Å². The van der Waals surface area contributed by atoms with Crippen LogP contribution in [0.15, 0.2) is 18.2 Å². The van der Waals surface area contributed by atoms with Gasteiger partial charge in [0.15, 0.2) is 0 Å². The number of hydrogen-bond donors (Lipinski definition) is 1. The molecule has 0 aliphatic rings. The van der Waals surface area contributed by atoms with E-state index < -0.39 is 11.8 Å². The van der Waals surface area contributed by atoms with Gasteiger partial charge in [0.25, 0.3) is 0 Å². The highest BCUT2D eigenvalue weighted by Gasteiger charge is 2.12. The van der Waals surface area contributed by atoms with E-state index in [0.717, 1.165) is 0 Å². The molecule has 1 aromatic carbocycles. The molecular weight excluding hydrogens is 285 g/mol. The van der Waals surface area contributed by atoms with Crippen molar-refractivity contribution in [1.29, 1.82) is 0 Å². The molecule has 1 rings (SSSR count). The second kappa shape index (κ2) is 7.85. The molecule has 1 N–H and O–H groups in total. The number of amides is 1. The third-order valence-electron chi connectivity index (χ3n) is 2.87. The third-order valence-corrected chi connectivity index (χ3v) is 3.11. The van der Waals surface area contributed by atoms with E-state index in [0.29, 0.717) is 23.4 Å². The van der Waals surface area contributed by atoms with Crippen molar-refractivity contribution < 1.29 is 19.1 Å². The average Bonchev–Trinajstić information content (AvgIpc) is 2.38. The number of aliphatic carboxylic acids is 1. The fourth-order valence-electron chi connectivity index (χ4n) is 1.75. The molecule has 0 aliphatic carbocycles. The summed E-state index contributed by atoms with van der Waals surface area (Å²) < 4.78 is 13.5. The number of benzene rings is 1. The van der Waals surface area contributed by atoms with E-state index in [-0.39, 0.29) is 25.3 Å². The van der Waals surface area contributed by atoms with E-state index >= 15 is 0 Å². The van der Waals surface area contributed by atoms with Gasteiger partial charge in [-0.25, -0.2) is 4.39 Å². The minimum absolute atomic E-state index is 0.0555. The highest BCUT2D eigenvalue weighted by Crippen LogP contribution is 2.16. The SMILES string of the molecule is CN(Cc1cc(Cl)ccc1F)C(=O)CCCCC(=O)O. The molecule has 0 heterocycles. The number of halogens is 2. The number of hydrogen-bond acceptors (Lipinski definition) is 2. The summed E-state index contributed by atoms with van der Waals surface area (Å²) in [6.07, 6.45) is 1.28. The van der Waals surface area contributed by atoms with Crippen LogP contribution < -0.4 is 0 Å². The van der Waals surface area contributed by atoms with Crippen LogP contribution in [-0.4, -0.2) is 28.9 Å². The Labute approximate surface area is 122 Å². The van der Waals surface area contributed by atoms with Crippen LogP contribution in [0, 0.1) is 5.82 Å². The van der Waals surface area contributed by atoms with Crippen molar-refractivity contribution in [1.82, 2.24) is 4.90 Å². The normalized spacial score (nSPS) is 10.3. The van der Waals surface area contributed by atoms with Gasteiger partial charge < -0.3 is 10.0 Å². The predicted molar refractivity (Wildman–Crippen MR) is 74.0 cm³/mol. The predicted octanol–water partition coefficient (Wildman–Crippen LogP) is 3.08. The number of carboxylic acid groups (broad SMARTS) is 1. The summed E-state index contributed by atoms with van der Waals surface area (Å²) in [5, 5.41) is 8.91. The molecule has 0 spiro atoms. The Morgan fingerprint density at radius 3 is 2.60 bits per heavy atom. The van der Waals surface area contributed by atoms with E-state index in [4.69, 9.17) is 16.7 Å². The fourth-order valence-corrected chi connectivity index (χ4v) is 1.95. The minimum atomic E-state index is -0.869. The zero-order chi connectivity index (χ0) is 15.1. The van der Waals surface area contributed by atoms with Crippen molar-refractivity contribution in [3.63, 3.8) is 0 Å². The van der Waals surface area contributed by atoms with Gasteiger partial charge in [-0.2, -0.15) is 0 Å². The highest BCUT2D eigenvalue weighted by molar-refractivity contribution is 6.30. The Morgan fingerprint density at radius 1 is 1.30 bits per heavy atom. The largest absolute Gasteiger partial charge is 0.481 e. The lowest BCUT2D eigenvalue weighted by Crippen LogP contribution is -2.26. The molecule has 1 amide bonds. The van der Waals surface area contributed by atoms with Gasteiger partial charge in [-0.3, -0.25) is 9.59 Å². The lowest BCUT2D eigenvalue weighted by molar-refractivity contribution is -0.137. The van der Waals surface area contributed by atoms with Gasteiger partial charge in [-0.15, -0.1) is 0 Å². The Bertz CT molecular complexity index is 493. The standard InChI is InChI=1S/C14H17ClFNO3/c1-17(13(18)4-2-3-5-14(19)20)9-10-8-11(15)6-7-12(10)16/h6-8H,2-5,9H2,1H3,(H,19,20). The van der Waals surface area contributed by atoms with Crippen LogP contribution in [0.4, 0.5) is 4.39 Å². The van der Waals surface area contributed by atoms with Crippen LogP contribution in [0.25, 0.3) is 0 Å². The van der Waals surface area contributed by atoms with E-state index in [9.17, 15) is 14.0 Å². The molecule has 0 bridgehead atoms. The number of carbonyl (C=O) groups is 2. The molecule has 0 radical (unpaired) electrons. The lowest BCUT2D eigenvalue weighted by atomic mass is 10.1. The molecule has 0 unspecified atom stereocenters. The molecule has 0 fully saturated rings. The number of carboxylic acids is 1. The molecule has 0 aliphatic heterocycles. The van der Waals surface area contributed by atoms with Crippen molar-refractivity contribution >= 4 is 23.5 Å². The van der Waals surface area contributed by atoms with E-state index in [1.165, 1.54) is 23.1 Å². The molecule has 4 nitrogen and oxygen atoms in total. The Kier molecular flexibility index (Phi) is 6.45. The molecule has 20 heavy (non-hydrogen) atoms. The fraction of sp³-hybridized carbons (Fsp3) is 0.429. The summed E-state index contributed by atoms with van der Waals surface area (Å²) in [4.78, 5) is 23.6. The summed E-state index contributed by atoms with van der Waals surface area (Å²) >= 11 is 5.79. The molecular formula is C14H17ClFNO3. The summed E-state index contributed by atoms with van der Waals surface area (Å²) in [5.74, 6) is -1.42. The van der Waals surface area contributed by atoms with Gasteiger partial charge in [0.1, 0.15) is 5.82 Å². The van der Waals surface area contributed by atoms with Crippen LogP contribution >= 0.6 is 11.6 Å². The van der Waals surface area contributed by atoms with Crippen LogP contribution in [0.1, 0.15) is 31.2 Å². The summed E-state index contributed by atoms with van der Waals surface area (Å²) in [6.45, 7) is 0.143. The Hall–Kier alpha value is -1.62. The number of unbranched alkanes of at least 4 members (excludes halogenated alkanes) is 1. The maximum absolute atomic E-state index is 13.5. The maximum atomic E-state index is 13.5. The van der Waals surface area contributed by atoms with E-state index in [2.05, 4.69) is 0 Å². The van der Waals surface area contributed by atoms with Crippen LogP contribution in [0.5, 0.6) is 0 Å². The topological polar surface area (TPSA) is 57.6 Å². The first kappa shape index (κ1) is 16.4. The first-order valence-corrected chi connectivity index (χ1v) is 6.67. The quantitative estimate of drug-likeness (QED) is 0.787. The zero-order valence-corrected chi connectivity index (χ0v) is 12.0. The van der Waals surface area contributed by atoms with Crippen molar-refractivity contribution in [3.05, 3.63) is 34.6 Å². The number of carbonyl (C=O) groups excluding carboxylic acids is 1. The summed E-state index contributed by atoms with van der Waals surface area (Å²) in [5.41, 5.74) is 0.360. The minimum Gasteiger partial charge on any atom is -0.481 e. The van der Waals surface area contributed by atoms with Gasteiger partial charge in [0, 0.05) is 37.0 Å². The molecule has 6 heteroatoms.